The van der Waals surface area contributed by atoms with Gasteiger partial charge in [-0.05, 0) is 71.6 Å². The average molecular weight is 503 g/mol. The van der Waals surface area contributed by atoms with Crippen molar-refractivity contribution < 1.29 is 19.1 Å². The molecule has 0 radical (unpaired) electrons. The van der Waals surface area contributed by atoms with Gasteiger partial charge in [0.1, 0.15) is 5.75 Å². The second-order valence-corrected chi connectivity index (χ2v) is 8.79. The van der Waals surface area contributed by atoms with Gasteiger partial charge < -0.3 is 20.1 Å². The van der Waals surface area contributed by atoms with Crippen LogP contribution in [0.25, 0.3) is 0 Å². The Hall–Kier alpha value is -2.38. The van der Waals surface area contributed by atoms with Crippen molar-refractivity contribution in [1.29, 1.82) is 0 Å². The lowest BCUT2D eigenvalue weighted by atomic mass is 10.1. The molecule has 2 N–H and O–H groups in total. The number of amides is 2. The van der Waals surface area contributed by atoms with Crippen LogP contribution < -0.4 is 15.4 Å². The molecule has 3 rings (SSSR count). The molecule has 0 bridgehead atoms. The highest BCUT2D eigenvalue weighted by molar-refractivity contribution is 9.10. The summed E-state index contributed by atoms with van der Waals surface area (Å²) < 4.78 is 12.1. The molecule has 172 valence electrons. The topological polar surface area (TPSA) is 76.7 Å². The molecule has 32 heavy (non-hydrogen) atoms. The molecule has 1 fully saturated rings. The zero-order valence-electron chi connectivity index (χ0n) is 18.5. The normalized spacial score (nSPS) is 15.4. The predicted octanol–water partition coefficient (Wildman–Crippen LogP) is 5.57. The van der Waals surface area contributed by atoms with E-state index in [-0.39, 0.29) is 17.9 Å². The Morgan fingerprint density at radius 1 is 1.09 bits per heavy atom. The predicted molar refractivity (Wildman–Crippen MR) is 129 cm³/mol. The quantitative estimate of drug-likeness (QED) is 0.393. The van der Waals surface area contributed by atoms with E-state index < -0.39 is 0 Å². The number of benzene rings is 2. The highest BCUT2D eigenvalue weighted by Crippen LogP contribution is 2.27. The molecule has 1 unspecified atom stereocenters. The van der Waals surface area contributed by atoms with E-state index in [0.717, 1.165) is 42.5 Å². The van der Waals surface area contributed by atoms with E-state index in [1.54, 1.807) is 42.5 Å². The van der Waals surface area contributed by atoms with Gasteiger partial charge in [-0.1, -0.05) is 32.3 Å². The van der Waals surface area contributed by atoms with Crippen LogP contribution in [0.15, 0.2) is 46.9 Å². The minimum Gasteiger partial charge on any atom is -0.492 e. The van der Waals surface area contributed by atoms with Gasteiger partial charge in [0.15, 0.2) is 0 Å². The Kier molecular flexibility index (Phi) is 9.56. The Morgan fingerprint density at radius 2 is 1.94 bits per heavy atom. The smallest absolute Gasteiger partial charge is 0.255 e. The molecule has 1 saturated heterocycles. The molecule has 1 atom stereocenters. The van der Waals surface area contributed by atoms with E-state index >= 15 is 0 Å². The maximum Gasteiger partial charge on any atom is 0.255 e. The lowest BCUT2D eigenvalue weighted by Crippen LogP contribution is -2.31. The first-order valence-corrected chi connectivity index (χ1v) is 12.1. The van der Waals surface area contributed by atoms with E-state index in [1.807, 2.05) is 0 Å². The summed E-state index contributed by atoms with van der Waals surface area (Å²) in [6, 6.07) is 12.2. The van der Waals surface area contributed by atoms with Crippen molar-refractivity contribution in [2.75, 3.05) is 25.1 Å². The van der Waals surface area contributed by atoms with E-state index in [0.29, 0.717) is 30.0 Å². The molecule has 0 saturated carbocycles. The number of carbonyl (C=O) groups excluding carboxylic acids is 2. The second kappa shape index (κ2) is 12.6. The lowest BCUT2D eigenvalue weighted by molar-refractivity contribution is 0.0857. The maximum atomic E-state index is 12.7. The van der Waals surface area contributed by atoms with Gasteiger partial charge in [0, 0.05) is 30.0 Å². The Morgan fingerprint density at radius 3 is 2.69 bits per heavy atom. The third kappa shape index (κ3) is 7.35. The van der Waals surface area contributed by atoms with Gasteiger partial charge in [-0.2, -0.15) is 0 Å². The van der Waals surface area contributed by atoms with Crippen LogP contribution in [0.2, 0.25) is 0 Å². The number of rotatable bonds is 11. The Labute approximate surface area is 198 Å². The van der Waals surface area contributed by atoms with Crippen LogP contribution in [0.1, 0.15) is 66.2 Å². The lowest BCUT2D eigenvalue weighted by Gasteiger charge is -2.12. The molecule has 7 heteroatoms. The average Bonchev–Trinajstić information content (AvgIpc) is 3.32. The first-order chi connectivity index (χ1) is 15.6. The molecule has 0 aromatic heterocycles. The third-order valence-electron chi connectivity index (χ3n) is 5.35. The largest absolute Gasteiger partial charge is 0.492 e. The van der Waals surface area contributed by atoms with Crippen molar-refractivity contribution in [3.63, 3.8) is 0 Å². The first-order valence-electron chi connectivity index (χ1n) is 11.3. The number of hydrogen-bond acceptors (Lipinski definition) is 4. The third-order valence-corrected chi connectivity index (χ3v) is 5.97. The number of hydrogen-bond donors (Lipinski definition) is 2. The highest BCUT2D eigenvalue weighted by atomic mass is 79.9. The van der Waals surface area contributed by atoms with Crippen molar-refractivity contribution in [3.8, 4) is 5.75 Å². The number of halogens is 1. The van der Waals surface area contributed by atoms with Crippen LogP contribution in [0, 0.1) is 0 Å². The number of anilines is 1. The monoisotopic (exact) mass is 502 g/mol. The number of carbonyl (C=O) groups is 2. The van der Waals surface area contributed by atoms with Crippen molar-refractivity contribution in [2.45, 2.75) is 51.6 Å². The molecule has 1 heterocycles. The van der Waals surface area contributed by atoms with Gasteiger partial charge >= 0.3 is 0 Å². The molecule has 2 aromatic carbocycles. The highest BCUT2D eigenvalue weighted by Gasteiger charge is 2.17. The SMILES string of the molecule is CCCCCCOc1ccc(C(=O)Nc2cccc(C(=O)NCC3CCCO3)c2)cc1Br. The fourth-order valence-corrected chi connectivity index (χ4v) is 4.02. The minimum absolute atomic E-state index is 0.0866. The van der Waals surface area contributed by atoms with Gasteiger partial charge in [-0.3, -0.25) is 9.59 Å². The zero-order chi connectivity index (χ0) is 22.8. The van der Waals surface area contributed by atoms with Crippen LogP contribution >= 0.6 is 15.9 Å². The zero-order valence-corrected chi connectivity index (χ0v) is 20.1. The standard InChI is InChI=1S/C25H31BrN2O4/c1-2-3-4-5-13-32-23-12-11-19(16-22(23)26)25(30)28-20-9-6-8-18(15-20)24(29)27-17-21-10-7-14-31-21/h6,8-9,11-12,15-16,21H,2-5,7,10,13-14,17H2,1H3,(H,27,29)(H,28,30). The molecule has 1 aliphatic heterocycles. The second-order valence-electron chi connectivity index (χ2n) is 7.93. The van der Waals surface area contributed by atoms with E-state index in [1.165, 1.54) is 12.8 Å². The van der Waals surface area contributed by atoms with Crippen molar-refractivity contribution in [2.24, 2.45) is 0 Å². The van der Waals surface area contributed by atoms with Crippen molar-refractivity contribution in [3.05, 3.63) is 58.1 Å². The van der Waals surface area contributed by atoms with Crippen LogP contribution in [-0.4, -0.2) is 37.7 Å². The number of ether oxygens (including phenoxy) is 2. The van der Waals surface area contributed by atoms with Crippen molar-refractivity contribution >= 4 is 33.4 Å². The summed E-state index contributed by atoms with van der Waals surface area (Å²) in [5.74, 6) is 0.292. The van der Waals surface area contributed by atoms with Crippen LogP contribution in [0.5, 0.6) is 5.75 Å². The molecule has 1 aliphatic rings. The molecule has 0 aliphatic carbocycles. The fraction of sp³-hybridized carbons (Fsp3) is 0.440. The van der Waals surface area contributed by atoms with Crippen LogP contribution in [0.3, 0.4) is 0 Å². The molecule has 2 aromatic rings. The molecule has 2 amide bonds. The summed E-state index contributed by atoms with van der Waals surface area (Å²) >= 11 is 3.49. The van der Waals surface area contributed by atoms with Gasteiger partial charge in [0.25, 0.3) is 11.8 Å². The maximum absolute atomic E-state index is 12.7. The number of unbranched alkanes of at least 4 members (excludes halogenated alkanes) is 3. The summed E-state index contributed by atoms with van der Waals surface area (Å²) in [7, 11) is 0. The number of nitrogens with one attached hydrogen (secondary N) is 2. The fourth-order valence-electron chi connectivity index (χ4n) is 3.53. The van der Waals surface area contributed by atoms with E-state index in [2.05, 4.69) is 33.5 Å². The summed E-state index contributed by atoms with van der Waals surface area (Å²) in [5.41, 5.74) is 1.56. The van der Waals surface area contributed by atoms with E-state index in [9.17, 15) is 9.59 Å². The van der Waals surface area contributed by atoms with Crippen molar-refractivity contribution in [1.82, 2.24) is 5.32 Å². The summed E-state index contributed by atoms with van der Waals surface area (Å²) in [6.45, 7) is 4.09. The van der Waals surface area contributed by atoms with Gasteiger partial charge in [-0.15, -0.1) is 0 Å². The Bertz CT molecular complexity index is 913. The summed E-state index contributed by atoms with van der Waals surface area (Å²) in [6.07, 6.45) is 6.65. The minimum atomic E-state index is -0.253. The van der Waals surface area contributed by atoms with Crippen LogP contribution in [0.4, 0.5) is 5.69 Å². The molecule has 0 spiro atoms. The Balaban J connectivity index is 1.54. The first kappa shape index (κ1) is 24.3. The van der Waals surface area contributed by atoms with Gasteiger partial charge in [0.05, 0.1) is 17.2 Å². The summed E-state index contributed by atoms with van der Waals surface area (Å²) in [4.78, 5) is 25.1. The van der Waals surface area contributed by atoms with Gasteiger partial charge in [0.2, 0.25) is 0 Å². The van der Waals surface area contributed by atoms with Crippen LogP contribution in [-0.2, 0) is 4.74 Å². The summed E-state index contributed by atoms with van der Waals surface area (Å²) in [5, 5.41) is 5.76. The van der Waals surface area contributed by atoms with E-state index in [4.69, 9.17) is 9.47 Å². The van der Waals surface area contributed by atoms with Gasteiger partial charge in [-0.25, -0.2) is 0 Å². The molecule has 6 nitrogen and oxygen atoms in total. The molecular formula is C25H31BrN2O4. The molecular weight excluding hydrogens is 472 g/mol.